The van der Waals surface area contributed by atoms with Crippen LogP contribution in [0.15, 0.2) is 30.3 Å². The quantitative estimate of drug-likeness (QED) is 0.581. The molecule has 4 nitrogen and oxygen atoms in total. The first-order valence-electron chi connectivity index (χ1n) is 6.40. The Hall–Kier alpha value is -1.32. The Morgan fingerprint density at radius 2 is 1.85 bits per heavy atom. The van der Waals surface area contributed by atoms with E-state index in [2.05, 4.69) is 0 Å². The molecule has 0 spiro atoms. The van der Waals surface area contributed by atoms with E-state index in [0.717, 1.165) is 4.46 Å². The fourth-order valence-electron chi connectivity index (χ4n) is 1.71. The number of esters is 2. The second-order valence-corrected chi connectivity index (χ2v) is 7.25. The predicted molar refractivity (Wildman–Crippen MR) is 78.0 cm³/mol. The Labute approximate surface area is 126 Å². The van der Waals surface area contributed by atoms with Crippen molar-refractivity contribution in [1.82, 2.24) is 0 Å². The standard InChI is InChI=1S/C15H20O4Se/c1-5-19-13(16)12(15(2,3)14(17)18-4)20-11-9-7-6-8-10-11/h6-10,12H,5H2,1-4H3/t12-/m1/s1. The SMILES string of the molecule is CCOC(=O)[C@@H]([Se]c1ccccc1)C(C)(C)C(=O)OC. The van der Waals surface area contributed by atoms with Crippen LogP contribution < -0.4 is 4.46 Å². The van der Waals surface area contributed by atoms with Gasteiger partial charge in [0.2, 0.25) is 0 Å². The van der Waals surface area contributed by atoms with E-state index >= 15 is 0 Å². The van der Waals surface area contributed by atoms with Gasteiger partial charge in [-0.3, -0.25) is 0 Å². The molecule has 110 valence electrons. The van der Waals surface area contributed by atoms with Gasteiger partial charge in [-0.25, -0.2) is 0 Å². The topological polar surface area (TPSA) is 52.6 Å². The molecule has 0 aliphatic heterocycles. The third-order valence-electron chi connectivity index (χ3n) is 2.86. The maximum absolute atomic E-state index is 12.2. The zero-order valence-electron chi connectivity index (χ0n) is 12.2. The van der Waals surface area contributed by atoms with Crippen molar-refractivity contribution in [2.24, 2.45) is 5.41 Å². The van der Waals surface area contributed by atoms with Crippen LogP contribution in [0.25, 0.3) is 0 Å². The third-order valence-corrected chi connectivity index (χ3v) is 6.14. The summed E-state index contributed by atoms with van der Waals surface area (Å²) in [7, 11) is 1.34. The van der Waals surface area contributed by atoms with Crippen LogP contribution in [0.2, 0.25) is 4.82 Å². The number of hydrogen-bond donors (Lipinski definition) is 0. The number of benzene rings is 1. The van der Waals surface area contributed by atoms with E-state index in [1.807, 2.05) is 30.3 Å². The van der Waals surface area contributed by atoms with Crippen molar-refractivity contribution < 1.29 is 19.1 Å². The molecule has 5 heteroatoms. The second-order valence-electron chi connectivity index (χ2n) is 4.78. The van der Waals surface area contributed by atoms with Crippen LogP contribution in [-0.2, 0) is 19.1 Å². The van der Waals surface area contributed by atoms with Crippen LogP contribution in [0, 0.1) is 5.41 Å². The van der Waals surface area contributed by atoms with E-state index in [0.29, 0.717) is 6.61 Å². The number of ether oxygens (including phenoxy) is 2. The Balaban J connectivity index is 3.02. The van der Waals surface area contributed by atoms with E-state index in [4.69, 9.17) is 9.47 Å². The van der Waals surface area contributed by atoms with Crippen molar-refractivity contribution in [1.29, 1.82) is 0 Å². The Kier molecular flexibility index (Phi) is 6.24. The first-order chi connectivity index (χ1) is 9.43. The molecule has 1 atom stereocenters. The molecule has 1 aromatic rings. The summed E-state index contributed by atoms with van der Waals surface area (Å²) in [6.45, 7) is 5.52. The molecule has 0 N–H and O–H groups in total. The normalized spacial score (nSPS) is 12.6. The summed E-state index contributed by atoms with van der Waals surface area (Å²) in [5.74, 6) is -0.736. The minimum absolute atomic E-state index is 0.203. The van der Waals surface area contributed by atoms with Gasteiger partial charge < -0.3 is 0 Å². The van der Waals surface area contributed by atoms with E-state index in [1.54, 1.807) is 20.8 Å². The molecule has 20 heavy (non-hydrogen) atoms. The molecule has 0 radical (unpaired) electrons. The van der Waals surface area contributed by atoms with Gasteiger partial charge in [-0.15, -0.1) is 0 Å². The molecular weight excluding hydrogens is 323 g/mol. The first kappa shape index (κ1) is 16.7. The van der Waals surface area contributed by atoms with Gasteiger partial charge in [0.1, 0.15) is 0 Å². The van der Waals surface area contributed by atoms with Crippen LogP contribution in [0.4, 0.5) is 0 Å². The molecule has 1 aromatic carbocycles. The molecule has 0 amide bonds. The van der Waals surface area contributed by atoms with Crippen molar-refractivity contribution in [3.05, 3.63) is 30.3 Å². The van der Waals surface area contributed by atoms with Crippen LogP contribution >= 0.6 is 0 Å². The van der Waals surface area contributed by atoms with Crippen molar-refractivity contribution in [2.75, 3.05) is 13.7 Å². The average molecular weight is 343 g/mol. The fraction of sp³-hybridized carbons (Fsp3) is 0.467. The summed E-state index contributed by atoms with van der Waals surface area (Å²) in [5.41, 5.74) is -0.906. The number of carbonyl (C=O) groups excluding carboxylic acids is 2. The van der Waals surface area contributed by atoms with Gasteiger partial charge >= 0.3 is 125 Å². The number of methoxy groups -OCH3 is 1. The molecule has 0 fully saturated rings. The van der Waals surface area contributed by atoms with Crippen LogP contribution in [0.1, 0.15) is 20.8 Å². The number of rotatable bonds is 6. The predicted octanol–water partition coefficient (Wildman–Crippen LogP) is 1.57. The number of carbonyl (C=O) groups is 2. The van der Waals surface area contributed by atoms with Gasteiger partial charge in [0.15, 0.2) is 0 Å². The molecular formula is C15H20O4Se. The van der Waals surface area contributed by atoms with Crippen molar-refractivity contribution >= 4 is 31.4 Å². The summed E-state index contributed by atoms with van der Waals surface area (Å²) in [5, 5.41) is 0. The van der Waals surface area contributed by atoms with E-state index < -0.39 is 16.2 Å². The maximum atomic E-state index is 12.2. The van der Waals surface area contributed by atoms with Gasteiger partial charge in [-0.05, 0) is 0 Å². The molecule has 1 rings (SSSR count). The molecule has 0 saturated heterocycles. The zero-order valence-corrected chi connectivity index (χ0v) is 13.9. The summed E-state index contributed by atoms with van der Waals surface area (Å²) in [6, 6.07) is 9.68. The third kappa shape index (κ3) is 4.09. The van der Waals surface area contributed by atoms with E-state index in [-0.39, 0.29) is 20.9 Å². The molecule has 0 saturated carbocycles. The van der Waals surface area contributed by atoms with Gasteiger partial charge in [0, 0.05) is 0 Å². The monoisotopic (exact) mass is 344 g/mol. The Bertz CT molecular complexity index is 456. The van der Waals surface area contributed by atoms with E-state index in [9.17, 15) is 9.59 Å². The molecule has 0 aromatic heterocycles. The molecule has 0 aliphatic rings. The first-order valence-corrected chi connectivity index (χ1v) is 8.24. The van der Waals surface area contributed by atoms with Gasteiger partial charge in [0.25, 0.3) is 0 Å². The number of hydrogen-bond acceptors (Lipinski definition) is 4. The van der Waals surface area contributed by atoms with Crippen molar-refractivity contribution in [3.63, 3.8) is 0 Å². The van der Waals surface area contributed by atoms with Gasteiger partial charge in [0.05, 0.1) is 0 Å². The molecule has 0 unspecified atom stereocenters. The van der Waals surface area contributed by atoms with Crippen LogP contribution in [0.5, 0.6) is 0 Å². The van der Waals surface area contributed by atoms with Crippen LogP contribution in [0.3, 0.4) is 0 Å². The summed E-state index contributed by atoms with van der Waals surface area (Å²) in [6.07, 6.45) is 0. The summed E-state index contributed by atoms with van der Waals surface area (Å²) >= 11 is -0.203. The average Bonchev–Trinajstić information content (AvgIpc) is 2.44. The van der Waals surface area contributed by atoms with Gasteiger partial charge in [-0.2, -0.15) is 0 Å². The molecule has 0 heterocycles. The Morgan fingerprint density at radius 3 is 2.35 bits per heavy atom. The second kappa shape index (κ2) is 7.46. The van der Waals surface area contributed by atoms with Crippen molar-refractivity contribution in [3.8, 4) is 0 Å². The zero-order chi connectivity index (χ0) is 15.2. The van der Waals surface area contributed by atoms with Crippen molar-refractivity contribution in [2.45, 2.75) is 25.6 Å². The molecule has 0 bridgehead atoms. The van der Waals surface area contributed by atoms with Gasteiger partial charge in [-0.1, -0.05) is 0 Å². The molecule has 0 aliphatic carbocycles. The fourth-order valence-corrected chi connectivity index (χ4v) is 4.11. The Morgan fingerprint density at radius 1 is 1.25 bits per heavy atom. The summed E-state index contributed by atoms with van der Waals surface area (Å²) in [4.78, 5) is 23.6. The van der Waals surface area contributed by atoms with E-state index in [1.165, 1.54) is 7.11 Å². The minimum atomic E-state index is -0.906. The van der Waals surface area contributed by atoms with Crippen LogP contribution in [-0.4, -0.2) is 40.6 Å². The summed E-state index contributed by atoms with van der Waals surface area (Å²) < 4.78 is 11.0.